The van der Waals surface area contributed by atoms with Crippen molar-refractivity contribution in [3.63, 3.8) is 0 Å². The Bertz CT molecular complexity index is 887. The molecule has 0 amide bonds. The third kappa shape index (κ3) is 3.42. The molecule has 0 N–H and O–H groups in total. The molecular weight excluding hydrogens is 302 g/mol. The molecule has 0 fully saturated rings. The first-order valence-electron chi connectivity index (χ1n) is 6.85. The molecule has 1 aromatic heterocycles. The summed E-state index contributed by atoms with van der Waals surface area (Å²) >= 11 is 0. The summed E-state index contributed by atoms with van der Waals surface area (Å²) in [6.07, 6.45) is 2.93. The Labute approximate surface area is 130 Å². The quantitative estimate of drug-likeness (QED) is 0.420. The summed E-state index contributed by atoms with van der Waals surface area (Å²) in [5, 5.41) is 4.51. The zero-order valence-electron chi connectivity index (χ0n) is 11.9. The van der Waals surface area contributed by atoms with E-state index in [9.17, 15) is 13.6 Å². The van der Waals surface area contributed by atoms with Crippen LogP contribution in [0.1, 0.15) is 5.56 Å². The SMILES string of the molecule is O=C(Cn1ccc2ccccc21)ON=Cc1ccc(F)c(F)c1. The second-order valence-electron chi connectivity index (χ2n) is 4.87. The van der Waals surface area contributed by atoms with Crippen LogP contribution >= 0.6 is 0 Å². The van der Waals surface area contributed by atoms with Crippen LogP contribution in [0.5, 0.6) is 0 Å². The van der Waals surface area contributed by atoms with Crippen LogP contribution < -0.4 is 0 Å². The molecule has 0 spiro atoms. The third-order valence-corrected chi connectivity index (χ3v) is 3.28. The molecule has 0 bridgehead atoms. The van der Waals surface area contributed by atoms with Crippen molar-refractivity contribution >= 4 is 23.1 Å². The number of aromatic nitrogens is 1. The van der Waals surface area contributed by atoms with Gasteiger partial charge in [0.15, 0.2) is 11.6 Å². The van der Waals surface area contributed by atoms with Crippen molar-refractivity contribution in [2.24, 2.45) is 5.16 Å². The lowest BCUT2D eigenvalue weighted by molar-refractivity contribution is -0.144. The molecule has 23 heavy (non-hydrogen) atoms. The van der Waals surface area contributed by atoms with E-state index in [0.29, 0.717) is 5.56 Å². The highest BCUT2D eigenvalue weighted by molar-refractivity contribution is 5.82. The van der Waals surface area contributed by atoms with Crippen LogP contribution in [0, 0.1) is 11.6 Å². The first-order valence-corrected chi connectivity index (χ1v) is 6.85. The standard InChI is InChI=1S/C17H12F2N2O2/c18-14-6-5-12(9-15(14)19)10-20-23-17(22)11-21-8-7-13-3-1-2-4-16(13)21/h1-10H,11H2. The molecule has 6 heteroatoms. The van der Waals surface area contributed by atoms with Gasteiger partial charge in [-0.3, -0.25) is 0 Å². The molecule has 1 heterocycles. The largest absolute Gasteiger partial charge is 0.354 e. The maximum atomic E-state index is 13.0. The molecule has 0 radical (unpaired) electrons. The van der Waals surface area contributed by atoms with Gasteiger partial charge in [0.2, 0.25) is 0 Å². The van der Waals surface area contributed by atoms with Gasteiger partial charge in [-0.1, -0.05) is 29.4 Å². The van der Waals surface area contributed by atoms with Crippen molar-refractivity contribution in [3.05, 3.63) is 71.9 Å². The van der Waals surface area contributed by atoms with E-state index in [1.165, 1.54) is 6.07 Å². The molecule has 4 nitrogen and oxygen atoms in total. The highest BCUT2D eigenvalue weighted by Gasteiger charge is 2.07. The van der Waals surface area contributed by atoms with Gasteiger partial charge in [0.1, 0.15) is 6.54 Å². The number of fused-ring (bicyclic) bond motifs is 1. The molecule has 3 rings (SSSR count). The van der Waals surface area contributed by atoms with E-state index in [1.807, 2.05) is 30.3 Å². The Balaban J connectivity index is 1.63. The lowest BCUT2D eigenvalue weighted by Crippen LogP contribution is -2.10. The van der Waals surface area contributed by atoms with E-state index >= 15 is 0 Å². The average molecular weight is 314 g/mol. The fraction of sp³-hybridized carbons (Fsp3) is 0.0588. The van der Waals surface area contributed by atoms with E-state index in [4.69, 9.17) is 4.84 Å². The molecule has 2 aromatic carbocycles. The molecular formula is C17H12F2N2O2. The number of hydrogen-bond acceptors (Lipinski definition) is 3. The van der Waals surface area contributed by atoms with Crippen molar-refractivity contribution in [2.45, 2.75) is 6.54 Å². The van der Waals surface area contributed by atoms with E-state index in [1.54, 1.807) is 10.8 Å². The Hall–Kier alpha value is -3.02. The average Bonchev–Trinajstić information content (AvgIpc) is 2.94. The predicted octanol–water partition coefficient (Wildman–Crippen LogP) is 3.50. The summed E-state index contributed by atoms with van der Waals surface area (Å²) in [4.78, 5) is 16.5. The number of benzene rings is 2. The van der Waals surface area contributed by atoms with Gasteiger partial charge in [0.05, 0.1) is 6.21 Å². The zero-order chi connectivity index (χ0) is 16.2. The van der Waals surface area contributed by atoms with Crippen LogP contribution in [-0.4, -0.2) is 16.8 Å². The minimum atomic E-state index is -0.987. The first-order chi connectivity index (χ1) is 11.1. The maximum absolute atomic E-state index is 13.0. The second-order valence-corrected chi connectivity index (χ2v) is 4.87. The highest BCUT2D eigenvalue weighted by atomic mass is 19.2. The van der Waals surface area contributed by atoms with Gasteiger partial charge < -0.3 is 9.40 Å². The molecule has 0 aliphatic carbocycles. The maximum Gasteiger partial charge on any atom is 0.354 e. The molecule has 0 unspecified atom stereocenters. The number of carbonyl (C=O) groups is 1. The molecule has 3 aromatic rings. The summed E-state index contributed by atoms with van der Waals surface area (Å²) in [5.41, 5.74) is 1.21. The monoisotopic (exact) mass is 314 g/mol. The number of carbonyl (C=O) groups excluding carboxylic acids is 1. The first kappa shape index (κ1) is 14.9. The Morgan fingerprint density at radius 2 is 1.96 bits per heavy atom. The van der Waals surface area contributed by atoms with Gasteiger partial charge in [-0.2, -0.15) is 0 Å². The van der Waals surface area contributed by atoms with Crippen molar-refractivity contribution in [2.75, 3.05) is 0 Å². The molecule has 0 atom stereocenters. The van der Waals surface area contributed by atoms with Crippen LogP contribution in [0.3, 0.4) is 0 Å². The summed E-state index contributed by atoms with van der Waals surface area (Å²) in [6.45, 7) is 0.00261. The number of halogens is 2. The number of hydrogen-bond donors (Lipinski definition) is 0. The summed E-state index contributed by atoms with van der Waals surface area (Å²) in [5.74, 6) is -2.50. The van der Waals surface area contributed by atoms with Crippen LogP contribution in [0.2, 0.25) is 0 Å². The highest BCUT2D eigenvalue weighted by Crippen LogP contribution is 2.15. The van der Waals surface area contributed by atoms with E-state index in [-0.39, 0.29) is 6.54 Å². The second kappa shape index (κ2) is 6.39. The predicted molar refractivity (Wildman–Crippen MR) is 82.0 cm³/mol. The Morgan fingerprint density at radius 1 is 1.13 bits per heavy atom. The smallest absolute Gasteiger partial charge is 0.336 e. The third-order valence-electron chi connectivity index (χ3n) is 3.28. The lowest BCUT2D eigenvalue weighted by Gasteiger charge is -2.02. The van der Waals surface area contributed by atoms with Gasteiger partial charge >= 0.3 is 5.97 Å². The summed E-state index contributed by atoms with van der Waals surface area (Å²) < 4.78 is 27.5. The minimum absolute atomic E-state index is 0.00261. The Morgan fingerprint density at radius 3 is 2.78 bits per heavy atom. The molecule has 116 valence electrons. The van der Waals surface area contributed by atoms with E-state index < -0.39 is 17.6 Å². The Kier molecular flexibility index (Phi) is 4.14. The molecule has 0 aliphatic rings. The number of rotatable bonds is 4. The van der Waals surface area contributed by atoms with Crippen LogP contribution in [0.4, 0.5) is 8.78 Å². The van der Waals surface area contributed by atoms with Gasteiger partial charge in [-0.15, -0.1) is 0 Å². The van der Waals surface area contributed by atoms with Gasteiger partial charge in [0.25, 0.3) is 0 Å². The van der Waals surface area contributed by atoms with Crippen LogP contribution in [0.15, 0.2) is 59.9 Å². The van der Waals surface area contributed by atoms with E-state index in [2.05, 4.69) is 5.16 Å². The summed E-state index contributed by atoms with van der Waals surface area (Å²) in [7, 11) is 0. The molecule has 0 aliphatic heterocycles. The van der Waals surface area contributed by atoms with Crippen molar-refractivity contribution in [1.29, 1.82) is 0 Å². The van der Waals surface area contributed by atoms with Gasteiger partial charge in [-0.05, 0) is 35.2 Å². The number of oxime groups is 1. The number of para-hydroxylation sites is 1. The fourth-order valence-electron chi connectivity index (χ4n) is 2.19. The summed E-state index contributed by atoms with van der Waals surface area (Å²) in [6, 6.07) is 12.8. The van der Waals surface area contributed by atoms with Crippen LogP contribution in [0.25, 0.3) is 10.9 Å². The normalized spacial score (nSPS) is 11.2. The van der Waals surface area contributed by atoms with Crippen molar-refractivity contribution in [3.8, 4) is 0 Å². The molecule has 0 saturated heterocycles. The van der Waals surface area contributed by atoms with Gasteiger partial charge in [-0.25, -0.2) is 13.6 Å². The van der Waals surface area contributed by atoms with Crippen molar-refractivity contribution < 1.29 is 18.4 Å². The van der Waals surface area contributed by atoms with E-state index in [0.717, 1.165) is 29.3 Å². The van der Waals surface area contributed by atoms with Crippen LogP contribution in [-0.2, 0) is 16.2 Å². The van der Waals surface area contributed by atoms with Crippen molar-refractivity contribution in [1.82, 2.24) is 4.57 Å². The topological polar surface area (TPSA) is 43.6 Å². The number of nitrogens with zero attached hydrogens (tertiary/aromatic N) is 2. The minimum Gasteiger partial charge on any atom is -0.336 e. The molecule has 0 saturated carbocycles. The lowest BCUT2D eigenvalue weighted by atomic mass is 10.2. The fourth-order valence-corrected chi connectivity index (χ4v) is 2.19. The zero-order valence-corrected chi connectivity index (χ0v) is 11.9. The van der Waals surface area contributed by atoms with Gasteiger partial charge in [0, 0.05) is 11.7 Å².